The van der Waals surface area contributed by atoms with Gasteiger partial charge in [-0.15, -0.1) is 0 Å². The van der Waals surface area contributed by atoms with E-state index >= 15 is 0 Å². The lowest BCUT2D eigenvalue weighted by molar-refractivity contribution is 0.0776. The van der Waals surface area contributed by atoms with E-state index in [2.05, 4.69) is 19.1 Å². The molecule has 0 N–H and O–H groups in total. The molecule has 1 saturated heterocycles. The molecule has 3 atom stereocenters. The lowest BCUT2D eigenvalue weighted by Crippen LogP contribution is -2.35. The van der Waals surface area contributed by atoms with E-state index in [0.717, 1.165) is 5.75 Å². The highest BCUT2D eigenvalue weighted by atomic mass is 35.5. The maximum Gasteiger partial charge on any atom is 0.253 e. The van der Waals surface area contributed by atoms with Gasteiger partial charge in [0.1, 0.15) is 5.75 Å². The number of carbonyl (C=O) groups excluding carboxylic acids is 1. The summed E-state index contributed by atoms with van der Waals surface area (Å²) in [5, 5.41) is 10.9. The Balaban J connectivity index is 1.56. The summed E-state index contributed by atoms with van der Waals surface area (Å²) in [6.45, 7) is 3.76. The Morgan fingerprint density at radius 1 is 1.12 bits per heavy atom. The third-order valence-electron chi connectivity index (χ3n) is 6.52. The van der Waals surface area contributed by atoms with Gasteiger partial charge in [0.25, 0.3) is 5.91 Å². The number of allylic oxidation sites excluding steroid dienone is 4. The molecule has 33 heavy (non-hydrogen) atoms. The molecular weight excluding hydrogens is 479 g/mol. The van der Waals surface area contributed by atoms with Gasteiger partial charge in [-0.25, -0.2) is 0 Å². The summed E-state index contributed by atoms with van der Waals surface area (Å²) in [4.78, 5) is 15.1. The van der Waals surface area contributed by atoms with Crippen LogP contribution in [0.2, 0.25) is 5.02 Å². The van der Waals surface area contributed by atoms with Gasteiger partial charge >= 0.3 is 0 Å². The number of amides is 1. The molecule has 4 nitrogen and oxygen atoms in total. The minimum atomic E-state index is -0.261. The molecule has 0 saturated carbocycles. The van der Waals surface area contributed by atoms with Gasteiger partial charge in [-0.3, -0.25) is 4.79 Å². The number of hydrogen-bond acceptors (Lipinski definition) is 3. The topological polar surface area (TPSA) is 53.3 Å². The summed E-state index contributed by atoms with van der Waals surface area (Å²) >= 11 is 18.6. The highest BCUT2D eigenvalue weighted by Crippen LogP contribution is 2.48. The molecule has 1 fully saturated rings. The molecule has 1 amide bonds. The van der Waals surface area contributed by atoms with Gasteiger partial charge < -0.3 is 9.64 Å². The van der Waals surface area contributed by atoms with Crippen LogP contribution in [0.15, 0.2) is 70.7 Å². The third-order valence-corrected chi connectivity index (χ3v) is 7.56. The van der Waals surface area contributed by atoms with Crippen molar-refractivity contribution in [3.63, 3.8) is 0 Å². The zero-order chi connectivity index (χ0) is 23.6. The number of likely N-dealkylation sites (tertiary alicyclic amines) is 1. The van der Waals surface area contributed by atoms with Crippen LogP contribution in [0.5, 0.6) is 5.75 Å². The van der Waals surface area contributed by atoms with E-state index in [4.69, 9.17) is 44.8 Å². The number of ether oxygens (including phenoxy) is 1. The van der Waals surface area contributed by atoms with Crippen molar-refractivity contribution >= 4 is 40.7 Å². The monoisotopic (exact) mass is 500 g/mol. The van der Waals surface area contributed by atoms with E-state index in [1.54, 1.807) is 36.4 Å². The first kappa shape index (κ1) is 23.7. The molecule has 170 valence electrons. The van der Waals surface area contributed by atoms with Crippen molar-refractivity contribution in [1.82, 2.24) is 4.90 Å². The fourth-order valence-corrected chi connectivity index (χ4v) is 5.25. The standard InChI is InChI=1S/C26H23Cl3N2O2/c1-26(11-10-23(28)24(29)12-26)22-15-31(25(32)18-4-2-17(13-30)3-5-18)14-19(22)16-33-21-8-6-20(27)7-9-21/h2-11,19,22H,12,14-16H2,1H3/t19-,22?,26?/m0/s1. The zero-order valence-corrected chi connectivity index (χ0v) is 20.4. The molecule has 1 heterocycles. The summed E-state index contributed by atoms with van der Waals surface area (Å²) in [6, 6.07) is 16.1. The number of carbonyl (C=O) groups is 1. The van der Waals surface area contributed by atoms with Crippen LogP contribution in [0, 0.1) is 28.6 Å². The van der Waals surface area contributed by atoms with E-state index in [1.165, 1.54) is 0 Å². The minimum absolute atomic E-state index is 0.0541. The Kier molecular flexibility index (Phi) is 7.05. The van der Waals surface area contributed by atoms with Crippen LogP contribution in [0.1, 0.15) is 29.3 Å². The maximum absolute atomic E-state index is 13.3. The molecule has 2 aromatic rings. The predicted molar refractivity (Wildman–Crippen MR) is 132 cm³/mol. The van der Waals surface area contributed by atoms with Crippen molar-refractivity contribution in [3.8, 4) is 11.8 Å². The first-order chi connectivity index (χ1) is 15.8. The molecule has 0 spiro atoms. The van der Waals surface area contributed by atoms with Crippen LogP contribution in [0.25, 0.3) is 0 Å². The van der Waals surface area contributed by atoms with Crippen molar-refractivity contribution in [2.75, 3.05) is 19.7 Å². The number of benzene rings is 2. The lowest BCUT2D eigenvalue weighted by Gasteiger charge is -2.37. The molecule has 1 aliphatic heterocycles. The molecule has 2 unspecified atom stereocenters. The van der Waals surface area contributed by atoms with E-state index in [-0.39, 0.29) is 23.2 Å². The average molecular weight is 502 g/mol. The number of nitriles is 1. The molecule has 0 radical (unpaired) electrons. The Hall–Kier alpha value is -2.45. The number of hydrogen-bond donors (Lipinski definition) is 0. The van der Waals surface area contributed by atoms with Crippen LogP contribution >= 0.6 is 34.8 Å². The Morgan fingerprint density at radius 3 is 2.45 bits per heavy atom. The molecule has 1 aliphatic carbocycles. The Morgan fingerprint density at radius 2 is 1.82 bits per heavy atom. The predicted octanol–water partition coefficient (Wildman–Crippen LogP) is 6.63. The summed E-state index contributed by atoms with van der Waals surface area (Å²) < 4.78 is 6.10. The minimum Gasteiger partial charge on any atom is -0.493 e. The SMILES string of the molecule is CC1(C2CN(C(=O)c3ccc(C#N)cc3)C[C@H]2COc2ccc(Cl)cc2)C=CC(Cl)=C(Cl)C1. The molecule has 4 rings (SSSR count). The van der Waals surface area contributed by atoms with Crippen molar-refractivity contribution in [3.05, 3.63) is 86.9 Å². The molecule has 2 aromatic carbocycles. The average Bonchev–Trinajstić information content (AvgIpc) is 3.26. The second-order valence-electron chi connectivity index (χ2n) is 8.80. The van der Waals surface area contributed by atoms with Crippen LogP contribution in [0.4, 0.5) is 0 Å². The molecule has 2 aliphatic rings. The quantitative estimate of drug-likeness (QED) is 0.462. The second kappa shape index (κ2) is 9.81. The maximum atomic E-state index is 13.3. The summed E-state index contributed by atoms with van der Waals surface area (Å²) in [5.74, 6) is 0.905. The first-order valence-corrected chi connectivity index (χ1v) is 11.8. The van der Waals surface area contributed by atoms with E-state index in [0.29, 0.717) is 52.3 Å². The molecule has 0 bridgehead atoms. The number of nitrogens with zero attached hydrogens (tertiary/aromatic N) is 2. The second-order valence-corrected chi connectivity index (χ2v) is 10.1. The zero-order valence-electron chi connectivity index (χ0n) is 18.1. The normalized spacial score (nSPS) is 24.6. The highest BCUT2D eigenvalue weighted by Gasteiger charge is 2.46. The van der Waals surface area contributed by atoms with Gasteiger partial charge in [-0.05, 0) is 72.4 Å². The largest absolute Gasteiger partial charge is 0.493 e. The van der Waals surface area contributed by atoms with Crippen LogP contribution in [-0.4, -0.2) is 30.5 Å². The van der Waals surface area contributed by atoms with E-state index < -0.39 is 0 Å². The first-order valence-electron chi connectivity index (χ1n) is 10.7. The van der Waals surface area contributed by atoms with Crippen molar-refractivity contribution < 1.29 is 9.53 Å². The lowest BCUT2D eigenvalue weighted by atomic mass is 9.68. The van der Waals surface area contributed by atoms with Crippen LogP contribution in [-0.2, 0) is 0 Å². The summed E-state index contributed by atoms with van der Waals surface area (Å²) in [6.07, 6.45) is 4.58. The summed E-state index contributed by atoms with van der Waals surface area (Å²) in [5.41, 5.74) is 0.832. The van der Waals surface area contributed by atoms with Crippen LogP contribution < -0.4 is 4.74 Å². The smallest absolute Gasteiger partial charge is 0.253 e. The fraction of sp³-hybridized carbons (Fsp3) is 0.308. The van der Waals surface area contributed by atoms with Gasteiger partial charge in [0, 0.05) is 34.6 Å². The van der Waals surface area contributed by atoms with Gasteiger partial charge in [-0.1, -0.05) is 47.8 Å². The summed E-state index contributed by atoms with van der Waals surface area (Å²) in [7, 11) is 0. The van der Waals surface area contributed by atoms with E-state index in [9.17, 15) is 4.79 Å². The molecular formula is C26H23Cl3N2O2. The van der Waals surface area contributed by atoms with Crippen molar-refractivity contribution in [2.45, 2.75) is 13.3 Å². The molecule has 0 aromatic heterocycles. The van der Waals surface area contributed by atoms with Gasteiger partial charge in [0.15, 0.2) is 0 Å². The number of rotatable bonds is 5. The van der Waals surface area contributed by atoms with E-state index in [1.807, 2.05) is 23.1 Å². The van der Waals surface area contributed by atoms with Gasteiger partial charge in [0.05, 0.1) is 23.3 Å². The van der Waals surface area contributed by atoms with Crippen molar-refractivity contribution in [2.24, 2.45) is 17.3 Å². The van der Waals surface area contributed by atoms with Crippen molar-refractivity contribution in [1.29, 1.82) is 5.26 Å². The van der Waals surface area contributed by atoms with Gasteiger partial charge in [-0.2, -0.15) is 5.26 Å². The fourth-order valence-electron chi connectivity index (χ4n) is 4.64. The molecule has 7 heteroatoms. The Bertz CT molecular complexity index is 1140. The Labute approximate surface area is 209 Å². The van der Waals surface area contributed by atoms with Gasteiger partial charge in [0.2, 0.25) is 0 Å². The number of halogens is 3. The third kappa shape index (κ3) is 5.22. The highest BCUT2D eigenvalue weighted by molar-refractivity contribution is 6.40. The van der Waals surface area contributed by atoms with Crippen LogP contribution in [0.3, 0.4) is 0 Å².